The molecule has 3 fully saturated rings. The lowest BCUT2D eigenvalue weighted by molar-refractivity contribution is -0.142. The molecular formula is C36H56FN5O4S. The Balaban J connectivity index is 0.000000261. The first-order valence-electron chi connectivity index (χ1n) is 17.0. The second kappa shape index (κ2) is 18.1. The highest BCUT2D eigenvalue weighted by molar-refractivity contribution is 8.07. The monoisotopic (exact) mass is 673 g/mol. The molecule has 2 aliphatic heterocycles. The number of hydrogen-bond acceptors (Lipinski definition) is 8. The van der Waals surface area contributed by atoms with Crippen molar-refractivity contribution in [3.63, 3.8) is 0 Å². The van der Waals surface area contributed by atoms with Crippen LogP contribution >= 0.6 is 11.8 Å². The molecule has 1 aromatic carbocycles. The van der Waals surface area contributed by atoms with Gasteiger partial charge in [-0.15, -0.1) is 11.8 Å². The number of nitrogens with zero attached hydrogens (tertiary/aromatic N) is 2. The number of carbonyl (C=O) groups is 3. The summed E-state index contributed by atoms with van der Waals surface area (Å²) in [6.45, 7) is 15.5. The van der Waals surface area contributed by atoms with Gasteiger partial charge in [0.15, 0.2) is 5.67 Å². The van der Waals surface area contributed by atoms with E-state index in [1.165, 1.54) is 42.8 Å². The molecule has 0 bridgehead atoms. The molecule has 2 heterocycles. The van der Waals surface area contributed by atoms with Gasteiger partial charge >= 0.3 is 0 Å². The summed E-state index contributed by atoms with van der Waals surface area (Å²) in [5.41, 5.74) is 0.946. The highest BCUT2D eigenvalue weighted by Crippen LogP contribution is 2.40. The summed E-state index contributed by atoms with van der Waals surface area (Å²) in [7, 11) is 1.97. The summed E-state index contributed by atoms with van der Waals surface area (Å²) in [6.07, 6.45) is 9.67. The van der Waals surface area contributed by atoms with Crippen LogP contribution in [0.1, 0.15) is 90.2 Å². The Morgan fingerprint density at radius 1 is 1.26 bits per heavy atom. The molecule has 3 N–H and O–H groups in total. The van der Waals surface area contributed by atoms with E-state index in [-0.39, 0.29) is 18.7 Å². The number of nitrogens with one attached hydrogen (secondary N) is 3. The summed E-state index contributed by atoms with van der Waals surface area (Å²) >= 11 is 1.70. The van der Waals surface area contributed by atoms with Gasteiger partial charge in [0, 0.05) is 23.6 Å². The molecule has 0 aromatic heterocycles. The van der Waals surface area contributed by atoms with Crippen molar-refractivity contribution in [1.29, 1.82) is 0 Å². The average molecular weight is 674 g/mol. The van der Waals surface area contributed by atoms with E-state index in [4.69, 9.17) is 4.74 Å². The van der Waals surface area contributed by atoms with Crippen molar-refractivity contribution in [3.8, 4) is 5.75 Å². The van der Waals surface area contributed by atoms with Crippen LogP contribution in [0.4, 0.5) is 4.39 Å². The first-order chi connectivity index (χ1) is 22.4. The highest BCUT2D eigenvalue weighted by atomic mass is 32.2. The quantitative estimate of drug-likeness (QED) is 0.135. The molecule has 9 nitrogen and oxygen atoms in total. The Bertz CT molecular complexity index is 1260. The number of rotatable bonds is 14. The van der Waals surface area contributed by atoms with Crippen LogP contribution in [0.2, 0.25) is 0 Å². The lowest BCUT2D eigenvalue weighted by atomic mass is 9.85. The molecule has 47 heavy (non-hydrogen) atoms. The van der Waals surface area contributed by atoms with E-state index in [1.54, 1.807) is 11.8 Å². The van der Waals surface area contributed by atoms with Gasteiger partial charge in [0.1, 0.15) is 18.1 Å². The number of halogens is 1. The van der Waals surface area contributed by atoms with Gasteiger partial charge in [0.25, 0.3) is 5.91 Å². The van der Waals surface area contributed by atoms with Crippen molar-refractivity contribution >= 4 is 41.5 Å². The zero-order valence-electron chi connectivity index (χ0n) is 29.3. The van der Waals surface area contributed by atoms with Crippen LogP contribution in [-0.2, 0) is 20.9 Å². The van der Waals surface area contributed by atoms with Crippen molar-refractivity contribution in [2.45, 2.75) is 103 Å². The molecule has 1 unspecified atom stereocenters. The van der Waals surface area contributed by atoms with Gasteiger partial charge in [0.2, 0.25) is 5.91 Å². The fourth-order valence-corrected chi connectivity index (χ4v) is 6.78. The third kappa shape index (κ3) is 11.1. The molecule has 1 aliphatic carbocycles. The Morgan fingerprint density at radius 3 is 2.53 bits per heavy atom. The summed E-state index contributed by atoms with van der Waals surface area (Å²) in [6, 6.07) is 5.20. The van der Waals surface area contributed by atoms with Gasteiger partial charge in [0.05, 0.1) is 18.3 Å². The van der Waals surface area contributed by atoms with Crippen LogP contribution in [-0.4, -0.2) is 87.0 Å². The molecule has 2 atom stereocenters. The maximum Gasteiger partial charge on any atom is 0.258 e. The standard InChI is InChI=1S/C21H33N3OS.C15H23FN2O3/c1-16(23-3)21(26-4)18-7-8-19(15-22-2)20(14-18)25-13-5-6-17-9-11-24-12-10-17;1-14(2,3)11(17-13(21)15(16)6-7-15)12(20)18-8-4-5-10(18)9-19/h7-8,14,17,22,24H,3,5-6,9-13,15H2,1-2,4H3;9-11H,4-8H2,1-3H3,(H,17,21)/b21-16-;/t;10-,11?/m.0/s1. The normalized spacial score (nSPS) is 20.3. The number of benzene rings is 1. The molecule has 4 rings (SSSR count). The molecule has 0 radical (unpaired) electrons. The van der Waals surface area contributed by atoms with E-state index in [0.717, 1.165) is 60.1 Å². The number of hydrogen-bond donors (Lipinski definition) is 3. The van der Waals surface area contributed by atoms with E-state index in [1.807, 2.05) is 34.7 Å². The maximum absolute atomic E-state index is 13.8. The largest absolute Gasteiger partial charge is 0.493 e. The van der Waals surface area contributed by atoms with Gasteiger partial charge in [-0.1, -0.05) is 32.9 Å². The number of alkyl halides is 1. The number of aldehydes is 1. The fourth-order valence-electron chi connectivity index (χ4n) is 6.06. The Labute approximate surface area is 285 Å². The van der Waals surface area contributed by atoms with Gasteiger partial charge in [-0.25, -0.2) is 4.39 Å². The van der Waals surface area contributed by atoms with Crippen molar-refractivity contribution < 1.29 is 23.5 Å². The minimum Gasteiger partial charge on any atom is -0.493 e. The molecule has 11 heteroatoms. The lowest BCUT2D eigenvalue weighted by Gasteiger charge is -2.35. The zero-order chi connectivity index (χ0) is 34.6. The number of likely N-dealkylation sites (tertiary alicyclic amines) is 1. The van der Waals surface area contributed by atoms with Crippen molar-refractivity contribution in [2.75, 3.05) is 39.5 Å². The van der Waals surface area contributed by atoms with Crippen LogP contribution in [0.5, 0.6) is 5.75 Å². The van der Waals surface area contributed by atoms with E-state index in [2.05, 4.69) is 52.1 Å². The molecule has 2 saturated heterocycles. The summed E-state index contributed by atoms with van der Waals surface area (Å²) in [4.78, 5) is 42.4. The summed E-state index contributed by atoms with van der Waals surface area (Å²) in [5.74, 6) is 0.827. The maximum atomic E-state index is 13.8. The van der Waals surface area contributed by atoms with Crippen molar-refractivity contribution in [2.24, 2.45) is 16.3 Å². The first kappa shape index (κ1) is 38.7. The molecule has 1 aromatic rings. The molecule has 0 spiro atoms. The van der Waals surface area contributed by atoms with E-state index in [0.29, 0.717) is 13.0 Å². The van der Waals surface area contributed by atoms with E-state index in [9.17, 15) is 18.8 Å². The van der Waals surface area contributed by atoms with Crippen LogP contribution < -0.4 is 20.7 Å². The Hall–Kier alpha value is -2.76. The minimum absolute atomic E-state index is 0.213. The fraction of sp³-hybridized carbons (Fsp3) is 0.667. The number of piperidine rings is 1. The zero-order valence-corrected chi connectivity index (χ0v) is 30.1. The third-order valence-corrected chi connectivity index (χ3v) is 10.1. The van der Waals surface area contributed by atoms with Gasteiger partial charge in [-0.3, -0.25) is 14.6 Å². The van der Waals surface area contributed by atoms with E-state index < -0.39 is 29.1 Å². The SMILES string of the molecule is C=N/C(C)=C(\SC)c1ccc(CNC)c(OCCCC2CCNCC2)c1.CC(C)(C)C(NC(=O)C1(F)CC1)C(=O)N1CCC[C@H]1C=O. The summed E-state index contributed by atoms with van der Waals surface area (Å²) < 4.78 is 20.0. The second-order valence-corrected chi connectivity index (χ2v) is 14.7. The number of allylic oxidation sites excluding steroid dienone is 1. The molecule has 1 saturated carbocycles. The number of ether oxygens (including phenoxy) is 1. The smallest absolute Gasteiger partial charge is 0.258 e. The predicted molar refractivity (Wildman–Crippen MR) is 190 cm³/mol. The van der Waals surface area contributed by atoms with Crippen LogP contribution in [0.15, 0.2) is 28.9 Å². The molecule has 262 valence electrons. The third-order valence-electron chi connectivity index (χ3n) is 9.16. The van der Waals surface area contributed by atoms with Gasteiger partial charge < -0.3 is 30.4 Å². The summed E-state index contributed by atoms with van der Waals surface area (Å²) in [5, 5.41) is 9.22. The van der Waals surface area contributed by atoms with E-state index >= 15 is 0 Å². The number of carbonyl (C=O) groups excluding carboxylic acids is 3. The molecule has 2 amide bonds. The number of amides is 2. The van der Waals surface area contributed by atoms with Crippen molar-refractivity contribution in [3.05, 3.63) is 35.0 Å². The minimum atomic E-state index is -1.81. The average Bonchev–Trinajstić information content (AvgIpc) is 3.63. The molecule has 3 aliphatic rings. The Morgan fingerprint density at radius 2 is 1.96 bits per heavy atom. The van der Waals surface area contributed by atoms with Crippen LogP contribution in [0, 0.1) is 11.3 Å². The Kier molecular flexibility index (Phi) is 14.9. The van der Waals surface area contributed by atoms with Crippen molar-refractivity contribution in [1.82, 2.24) is 20.9 Å². The predicted octanol–water partition coefficient (Wildman–Crippen LogP) is 5.53. The second-order valence-electron chi connectivity index (χ2n) is 13.9. The molecular weight excluding hydrogens is 617 g/mol. The van der Waals surface area contributed by atoms with Gasteiger partial charge in [-0.2, -0.15) is 0 Å². The number of aliphatic imine (C=N–C) groups is 1. The highest BCUT2D eigenvalue weighted by Gasteiger charge is 2.53. The lowest BCUT2D eigenvalue weighted by Crippen LogP contribution is -2.57. The van der Waals surface area contributed by atoms with Gasteiger partial charge in [-0.05, 0) is 114 Å². The number of thioether (sulfide) groups is 1. The topological polar surface area (TPSA) is 112 Å². The van der Waals surface area contributed by atoms with Crippen LogP contribution in [0.25, 0.3) is 4.91 Å². The first-order valence-corrected chi connectivity index (χ1v) is 18.2. The van der Waals surface area contributed by atoms with Crippen LogP contribution in [0.3, 0.4) is 0 Å².